The van der Waals surface area contributed by atoms with Crippen LogP contribution in [0.15, 0.2) is 22.7 Å². The molecule has 5 nitrogen and oxygen atoms in total. The third-order valence-electron chi connectivity index (χ3n) is 3.03. The van der Waals surface area contributed by atoms with Crippen LogP contribution in [0.5, 0.6) is 0 Å². The van der Waals surface area contributed by atoms with E-state index in [0.29, 0.717) is 5.56 Å². The zero-order valence-corrected chi connectivity index (χ0v) is 11.5. The van der Waals surface area contributed by atoms with E-state index >= 15 is 0 Å². The molecule has 0 saturated carbocycles. The van der Waals surface area contributed by atoms with Crippen molar-refractivity contribution in [2.45, 2.75) is 19.9 Å². The van der Waals surface area contributed by atoms with Gasteiger partial charge in [0.15, 0.2) is 5.82 Å². The molecule has 0 fully saturated rings. The van der Waals surface area contributed by atoms with E-state index in [4.69, 9.17) is 0 Å². The van der Waals surface area contributed by atoms with Crippen LogP contribution in [0.4, 0.5) is 0 Å². The van der Waals surface area contributed by atoms with Crippen LogP contribution < -0.4 is 5.32 Å². The monoisotopic (exact) mass is 306 g/mol. The maximum absolute atomic E-state index is 12.2. The van der Waals surface area contributed by atoms with Gasteiger partial charge in [-0.2, -0.15) is 0 Å². The standard InChI is InChI=1S/C12H11BrN4O/c1-6-11-16-15-7(2)17(11)10-4-3-8(13)5-9(10)12(18)14-6/h3-6H,1-2H3,(H,14,18). The van der Waals surface area contributed by atoms with Gasteiger partial charge in [-0.25, -0.2) is 0 Å². The van der Waals surface area contributed by atoms with Gasteiger partial charge in [-0.3, -0.25) is 9.36 Å². The Bertz CT molecular complexity index is 650. The van der Waals surface area contributed by atoms with Gasteiger partial charge in [-0.1, -0.05) is 15.9 Å². The molecule has 2 heterocycles. The first-order chi connectivity index (χ1) is 8.58. The highest BCUT2D eigenvalue weighted by molar-refractivity contribution is 9.10. The van der Waals surface area contributed by atoms with Crippen molar-refractivity contribution in [1.82, 2.24) is 20.1 Å². The van der Waals surface area contributed by atoms with E-state index in [2.05, 4.69) is 31.4 Å². The van der Waals surface area contributed by atoms with Crippen LogP contribution in [0.3, 0.4) is 0 Å². The summed E-state index contributed by atoms with van der Waals surface area (Å²) in [7, 11) is 0. The zero-order valence-electron chi connectivity index (χ0n) is 9.94. The number of benzene rings is 1. The van der Waals surface area contributed by atoms with Crippen molar-refractivity contribution >= 4 is 21.8 Å². The van der Waals surface area contributed by atoms with Crippen LogP contribution >= 0.6 is 15.9 Å². The number of nitrogens with zero attached hydrogens (tertiary/aromatic N) is 3. The molecule has 18 heavy (non-hydrogen) atoms. The number of hydrogen-bond acceptors (Lipinski definition) is 3. The Hall–Kier alpha value is -1.69. The Morgan fingerprint density at radius 3 is 2.94 bits per heavy atom. The molecular weight excluding hydrogens is 296 g/mol. The summed E-state index contributed by atoms with van der Waals surface area (Å²) in [4.78, 5) is 12.2. The molecule has 1 aliphatic heterocycles. The number of carbonyl (C=O) groups excluding carboxylic acids is 1. The number of carbonyl (C=O) groups is 1. The molecule has 1 aromatic carbocycles. The van der Waals surface area contributed by atoms with Crippen molar-refractivity contribution in [1.29, 1.82) is 0 Å². The number of aryl methyl sites for hydroxylation is 1. The topological polar surface area (TPSA) is 59.8 Å². The normalized spacial score (nSPS) is 17.7. The number of nitrogens with one attached hydrogen (secondary N) is 1. The van der Waals surface area contributed by atoms with Crippen molar-refractivity contribution < 1.29 is 4.79 Å². The van der Waals surface area contributed by atoms with Gasteiger partial charge in [0, 0.05) is 4.47 Å². The van der Waals surface area contributed by atoms with Crippen LogP contribution in [0.1, 0.15) is 35.0 Å². The van der Waals surface area contributed by atoms with Crippen LogP contribution in [0.2, 0.25) is 0 Å². The van der Waals surface area contributed by atoms with Gasteiger partial charge in [-0.05, 0) is 32.0 Å². The van der Waals surface area contributed by atoms with Crippen LogP contribution in [-0.4, -0.2) is 20.7 Å². The van der Waals surface area contributed by atoms with Gasteiger partial charge in [0.25, 0.3) is 5.91 Å². The van der Waals surface area contributed by atoms with E-state index in [0.717, 1.165) is 21.8 Å². The fourth-order valence-electron chi connectivity index (χ4n) is 2.18. The summed E-state index contributed by atoms with van der Waals surface area (Å²) < 4.78 is 2.79. The minimum atomic E-state index is -0.162. The van der Waals surface area contributed by atoms with E-state index < -0.39 is 0 Å². The van der Waals surface area contributed by atoms with E-state index in [-0.39, 0.29) is 11.9 Å². The Labute approximate surface area is 112 Å². The summed E-state index contributed by atoms with van der Waals surface area (Å²) in [5.41, 5.74) is 1.44. The highest BCUT2D eigenvalue weighted by atomic mass is 79.9. The number of rotatable bonds is 0. The van der Waals surface area contributed by atoms with Crippen molar-refractivity contribution in [2.24, 2.45) is 0 Å². The quantitative estimate of drug-likeness (QED) is 0.811. The highest BCUT2D eigenvalue weighted by Gasteiger charge is 2.26. The maximum atomic E-state index is 12.2. The SMILES string of the molecule is Cc1nnc2n1-c1ccc(Br)cc1C(=O)NC2C. The first-order valence-electron chi connectivity index (χ1n) is 5.60. The lowest BCUT2D eigenvalue weighted by Crippen LogP contribution is -2.25. The lowest BCUT2D eigenvalue weighted by Gasteiger charge is -2.09. The molecule has 1 aromatic heterocycles. The molecule has 92 valence electrons. The third kappa shape index (κ3) is 1.56. The number of aromatic nitrogens is 3. The average Bonchev–Trinajstić information content (AvgIpc) is 2.66. The molecule has 0 radical (unpaired) electrons. The summed E-state index contributed by atoms with van der Waals surface area (Å²) in [6.45, 7) is 3.78. The third-order valence-corrected chi connectivity index (χ3v) is 3.52. The molecule has 1 amide bonds. The number of hydrogen-bond donors (Lipinski definition) is 1. The maximum Gasteiger partial charge on any atom is 0.254 e. The predicted molar refractivity (Wildman–Crippen MR) is 69.7 cm³/mol. The fraction of sp³-hybridized carbons (Fsp3) is 0.250. The van der Waals surface area contributed by atoms with Crippen molar-refractivity contribution in [2.75, 3.05) is 0 Å². The van der Waals surface area contributed by atoms with Crippen LogP contribution in [0.25, 0.3) is 5.69 Å². The first-order valence-corrected chi connectivity index (χ1v) is 6.40. The largest absolute Gasteiger partial charge is 0.342 e. The molecule has 0 bridgehead atoms. The lowest BCUT2D eigenvalue weighted by molar-refractivity contribution is 0.0941. The van der Waals surface area contributed by atoms with Gasteiger partial charge in [0.2, 0.25) is 0 Å². The zero-order chi connectivity index (χ0) is 12.9. The van der Waals surface area contributed by atoms with E-state index in [1.807, 2.05) is 36.6 Å². The Balaban J connectivity index is 2.35. The van der Waals surface area contributed by atoms with Crippen molar-refractivity contribution in [3.8, 4) is 5.69 Å². The predicted octanol–water partition coefficient (Wildman–Crippen LogP) is 2.14. The number of halogens is 1. The summed E-state index contributed by atoms with van der Waals surface area (Å²) >= 11 is 3.39. The van der Waals surface area contributed by atoms with Crippen LogP contribution in [-0.2, 0) is 0 Å². The summed E-state index contributed by atoms with van der Waals surface area (Å²) in [6, 6.07) is 5.46. The number of fused-ring (bicyclic) bond motifs is 3. The van der Waals surface area contributed by atoms with Gasteiger partial charge in [-0.15, -0.1) is 10.2 Å². The molecule has 3 rings (SSSR count). The van der Waals surface area contributed by atoms with Crippen LogP contribution in [0, 0.1) is 6.92 Å². The smallest absolute Gasteiger partial charge is 0.254 e. The minimum absolute atomic E-state index is 0.0938. The summed E-state index contributed by atoms with van der Waals surface area (Å²) in [5.74, 6) is 1.43. The molecular formula is C12H11BrN4O. The molecule has 6 heteroatoms. The van der Waals surface area contributed by atoms with Gasteiger partial charge < -0.3 is 5.32 Å². The second-order valence-corrected chi connectivity index (χ2v) is 5.21. The Kier molecular flexibility index (Phi) is 2.48. The molecule has 0 spiro atoms. The van der Waals surface area contributed by atoms with E-state index in [1.54, 1.807) is 0 Å². The van der Waals surface area contributed by atoms with Gasteiger partial charge in [0.1, 0.15) is 5.82 Å². The summed E-state index contributed by atoms with van der Waals surface area (Å²) in [6.07, 6.45) is 0. The molecule has 2 aromatic rings. The molecule has 1 N–H and O–H groups in total. The average molecular weight is 307 g/mol. The van der Waals surface area contributed by atoms with E-state index in [1.165, 1.54) is 0 Å². The molecule has 1 unspecified atom stereocenters. The minimum Gasteiger partial charge on any atom is -0.342 e. The second kappa shape index (κ2) is 3.91. The lowest BCUT2D eigenvalue weighted by atomic mass is 10.1. The molecule has 0 aliphatic carbocycles. The second-order valence-electron chi connectivity index (χ2n) is 4.30. The van der Waals surface area contributed by atoms with Gasteiger partial charge in [0.05, 0.1) is 17.3 Å². The Morgan fingerprint density at radius 2 is 2.17 bits per heavy atom. The van der Waals surface area contributed by atoms with Crippen molar-refractivity contribution in [3.63, 3.8) is 0 Å². The Morgan fingerprint density at radius 1 is 1.39 bits per heavy atom. The number of amides is 1. The molecule has 0 saturated heterocycles. The van der Waals surface area contributed by atoms with E-state index in [9.17, 15) is 4.79 Å². The first kappa shape index (κ1) is 11.4. The highest BCUT2D eigenvalue weighted by Crippen LogP contribution is 2.27. The molecule has 1 atom stereocenters. The van der Waals surface area contributed by atoms with Crippen molar-refractivity contribution in [3.05, 3.63) is 39.9 Å². The van der Waals surface area contributed by atoms with Gasteiger partial charge >= 0.3 is 0 Å². The fourth-order valence-corrected chi connectivity index (χ4v) is 2.54. The molecule has 1 aliphatic rings. The summed E-state index contributed by atoms with van der Waals surface area (Å²) in [5, 5.41) is 11.1.